The molecule has 0 saturated carbocycles. The Morgan fingerprint density at radius 2 is 2.00 bits per heavy atom. The Morgan fingerprint density at radius 1 is 1.47 bits per heavy atom. The molecule has 0 aliphatic carbocycles. The van der Waals surface area contributed by atoms with E-state index in [2.05, 4.69) is 0 Å². The van der Waals surface area contributed by atoms with E-state index < -0.39 is 17.6 Å². The van der Waals surface area contributed by atoms with Gasteiger partial charge in [-0.1, -0.05) is 13.8 Å². The molecular formula is C11H20N2O3S. The number of thioether (sulfide) groups is 1. The number of hydrogen-bond donors (Lipinski definition) is 2. The highest BCUT2D eigenvalue weighted by molar-refractivity contribution is 8.00. The van der Waals surface area contributed by atoms with Crippen LogP contribution in [-0.2, 0) is 9.59 Å². The predicted octanol–water partition coefficient (Wildman–Crippen LogP) is 0.879. The smallest absolute Gasteiger partial charge is 0.327 e. The van der Waals surface area contributed by atoms with E-state index >= 15 is 0 Å². The predicted molar refractivity (Wildman–Crippen MR) is 67.7 cm³/mol. The number of carbonyl (C=O) groups excluding carboxylic acids is 1. The zero-order chi connectivity index (χ0) is 13.2. The summed E-state index contributed by atoms with van der Waals surface area (Å²) in [6, 6.07) is -0.747. The van der Waals surface area contributed by atoms with Crippen LogP contribution in [-0.4, -0.2) is 44.6 Å². The van der Waals surface area contributed by atoms with Crippen molar-refractivity contribution in [2.24, 2.45) is 5.73 Å². The third-order valence-electron chi connectivity index (χ3n) is 3.43. The van der Waals surface area contributed by atoms with Gasteiger partial charge in [0.25, 0.3) is 0 Å². The van der Waals surface area contributed by atoms with Crippen LogP contribution < -0.4 is 5.73 Å². The Labute approximate surface area is 106 Å². The first-order chi connectivity index (χ1) is 7.87. The van der Waals surface area contributed by atoms with Crippen LogP contribution in [0.2, 0.25) is 0 Å². The highest BCUT2D eigenvalue weighted by atomic mass is 32.2. The summed E-state index contributed by atoms with van der Waals surface area (Å²) in [6.45, 7) is 5.55. The van der Waals surface area contributed by atoms with Crippen molar-refractivity contribution in [2.75, 3.05) is 5.75 Å². The number of nitrogens with zero attached hydrogens (tertiary/aromatic N) is 1. The zero-order valence-electron chi connectivity index (χ0n) is 10.5. The quantitative estimate of drug-likeness (QED) is 0.784. The summed E-state index contributed by atoms with van der Waals surface area (Å²) in [7, 11) is 0. The molecule has 17 heavy (non-hydrogen) atoms. The van der Waals surface area contributed by atoms with Crippen LogP contribution in [0.15, 0.2) is 0 Å². The standard InChI is InChI=1S/C11H20N2O3S/c1-4-11(12,5-2)10(16)13-7(3)17-6-8(13)9(14)15/h7-8H,4-6,12H2,1-3H3,(H,14,15). The van der Waals surface area contributed by atoms with Gasteiger partial charge in [-0.15, -0.1) is 11.8 Å². The fraction of sp³-hybridized carbons (Fsp3) is 0.818. The van der Waals surface area contributed by atoms with Gasteiger partial charge in [-0.25, -0.2) is 4.79 Å². The molecule has 3 N–H and O–H groups in total. The maximum absolute atomic E-state index is 12.4. The molecule has 1 aliphatic heterocycles. The molecule has 0 aromatic rings. The molecule has 1 saturated heterocycles. The van der Waals surface area contributed by atoms with Crippen LogP contribution in [0.3, 0.4) is 0 Å². The van der Waals surface area contributed by atoms with E-state index in [1.54, 1.807) is 0 Å². The number of amides is 1. The highest BCUT2D eigenvalue weighted by Gasteiger charge is 2.45. The summed E-state index contributed by atoms with van der Waals surface area (Å²) >= 11 is 1.48. The minimum absolute atomic E-state index is 0.121. The average molecular weight is 260 g/mol. The van der Waals surface area contributed by atoms with Gasteiger partial charge in [0.1, 0.15) is 6.04 Å². The van der Waals surface area contributed by atoms with E-state index in [4.69, 9.17) is 10.8 Å². The van der Waals surface area contributed by atoms with Gasteiger partial charge in [0.2, 0.25) is 5.91 Å². The molecule has 1 amide bonds. The van der Waals surface area contributed by atoms with Crippen molar-refractivity contribution in [3.05, 3.63) is 0 Å². The minimum atomic E-state index is -0.954. The van der Waals surface area contributed by atoms with Crippen LogP contribution in [0.1, 0.15) is 33.6 Å². The number of rotatable bonds is 4. The van der Waals surface area contributed by atoms with E-state index in [1.165, 1.54) is 16.7 Å². The second kappa shape index (κ2) is 5.27. The van der Waals surface area contributed by atoms with Crippen LogP contribution in [0, 0.1) is 0 Å². The number of nitrogens with two attached hydrogens (primary N) is 1. The first-order valence-electron chi connectivity index (χ1n) is 5.83. The normalized spacial score (nSPS) is 25.1. The molecule has 1 rings (SSSR count). The van der Waals surface area contributed by atoms with Gasteiger partial charge < -0.3 is 15.7 Å². The summed E-state index contributed by atoms with van der Waals surface area (Å²) in [5.74, 6) is -0.761. The van der Waals surface area contributed by atoms with Crippen molar-refractivity contribution in [3.8, 4) is 0 Å². The van der Waals surface area contributed by atoms with Crippen molar-refractivity contribution in [3.63, 3.8) is 0 Å². The molecule has 98 valence electrons. The zero-order valence-corrected chi connectivity index (χ0v) is 11.3. The first kappa shape index (κ1) is 14.3. The van der Waals surface area contributed by atoms with Gasteiger partial charge in [-0.2, -0.15) is 0 Å². The largest absolute Gasteiger partial charge is 0.480 e. The van der Waals surface area contributed by atoms with Crippen molar-refractivity contribution in [2.45, 2.75) is 50.6 Å². The Balaban J connectivity index is 2.96. The average Bonchev–Trinajstić information content (AvgIpc) is 2.69. The number of carbonyl (C=O) groups is 2. The Bertz CT molecular complexity index is 318. The second-order valence-electron chi connectivity index (χ2n) is 4.36. The van der Waals surface area contributed by atoms with Gasteiger partial charge >= 0.3 is 5.97 Å². The van der Waals surface area contributed by atoms with Gasteiger partial charge in [0, 0.05) is 5.75 Å². The fourth-order valence-corrected chi connectivity index (χ4v) is 3.12. The molecule has 0 aromatic heterocycles. The van der Waals surface area contributed by atoms with Crippen molar-refractivity contribution >= 4 is 23.6 Å². The van der Waals surface area contributed by atoms with E-state index in [0.29, 0.717) is 18.6 Å². The molecule has 1 fully saturated rings. The van der Waals surface area contributed by atoms with Gasteiger partial charge in [0.05, 0.1) is 10.9 Å². The summed E-state index contributed by atoms with van der Waals surface area (Å²) in [6.07, 6.45) is 1.03. The van der Waals surface area contributed by atoms with Crippen molar-refractivity contribution < 1.29 is 14.7 Å². The molecule has 0 spiro atoms. The molecule has 0 aromatic carbocycles. The molecule has 2 unspecified atom stereocenters. The van der Waals surface area contributed by atoms with Crippen molar-refractivity contribution in [1.29, 1.82) is 0 Å². The summed E-state index contributed by atoms with van der Waals surface area (Å²) < 4.78 is 0. The van der Waals surface area contributed by atoms with Crippen LogP contribution >= 0.6 is 11.8 Å². The Morgan fingerprint density at radius 3 is 2.41 bits per heavy atom. The van der Waals surface area contributed by atoms with E-state index in [9.17, 15) is 9.59 Å². The van der Waals surface area contributed by atoms with Gasteiger partial charge in [-0.05, 0) is 19.8 Å². The summed E-state index contributed by atoms with van der Waals surface area (Å²) in [4.78, 5) is 24.9. The molecule has 0 radical (unpaired) electrons. The number of hydrogen-bond acceptors (Lipinski definition) is 4. The van der Waals surface area contributed by atoms with Crippen LogP contribution in [0.4, 0.5) is 0 Å². The van der Waals surface area contributed by atoms with E-state index in [1.807, 2.05) is 20.8 Å². The van der Waals surface area contributed by atoms with Gasteiger partial charge in [0.15, 0.2) is 0 Å². The lowest BCUT2D eigenvalue weighted by Gasteiger charge is -2.34. The van der Waals surface area contributed by atoms with E-state index in [0.717, 1.165) is 0 Å². The lowest BCUT2D eigenvalue weighted by Crippen LogP contribution is -2.58. The second-order valence-corrected chi connectivity index (χ2v) is 5.71. The van der Waals surface area contributed by atoms with E-state index in [-0.39, 0.29) is 11.3 Å². The monoisotopic (exact) mass is 260 g/mol. The Kier molecular flexibility index (Phi) is 4.43. The SMILES string of the molecule is CCC(N)(CC)C(=O)N1C(C)SCC1C(=O)O. The molecule has 1 heterocycles. The van der Waals surface area contributed by atoms with Crippen LogP contribution in [0.5, 0.6) is 0 Å². The number of aliphatic carboxylic acids is 1. The molecule has 2 atom stereocenters. The van der Waals surface area contributed by atoms with Crippen molar-refractivity contribution in [1.82, 2.24) is 4.90 Å². The molecule has 1 aliphatic rings. The first-order valence-corrected chi connectivity index (χ1v) is 6.88. The topological polar surface area (TPSA) is 83.6 Å². The van der Waals surface area contributed by atoms with Gasteiger partial charge in [-0.3, -0.25) is 4.79 Å². The maximum atomic E-state index is 12.4. The minimum Gasteiger partial charge on any atom is -0.480 e. The molecule has 6 heteroatoms. The van der Waals surface area contributed by atoms with Crippen LogP contribution in [0.25, 0.3) is 0 Å². The lowest BCUT2D eigenvalue weighted by molar-refractivity contribution is -0.151. The Hall–Kier alpha value is -0.750. The number of carboxylic acid groups (broad SMARTS) is 1. The third-order valence-corrected chi connectivity index (χ3v) is 4.65. The highest BCUT2D eigenvalue weighted by Crippen LogP contribution is 2.31. The maximum Gasteiger partial charge on any atom is 0.327 e. The molecule has 0 bridgehead atoms. The summed E-state index contributed by atoms with van der Waals surface area (Å²) in [5.41, 5.74) is 5.11. The fourth-order valence-electron chi connectivity index (χ4n) is 1.95. The molecule has 5 nitrogen and oxygen atoms in total. The third kappa shape index (κ3) is 2.57. The number of carboxylic acids is 1. The molecular weight excluding hydrogens is 240 g/mol. The summed E-state index contributed by atoms with van der Waals surface area (Å²) in [5, 5.41) is 8.99. The lowest BCUT2D eigenvalue weighted by atomic mass is 9.92.